The van der Waals surface area contributed by atoms with E-state index in [1.165, 1.54) is 37.7 Å². The molecule has 0 saturated heterocycles. The van der Waals surface area contributed by atoms with Crippen LogP contribution in [0.3, 0.4) is 0 Å². The predicted octanol–water partition coefficient (Wildman–Crippen LogP) is 7.32. The fourth-order valence-corrected chi connectivity index (χ4v) is 19.0. The molecule has 0 aliphatic heterocycles. The average molecular weight is 445 g/mol. The molecule has 0 N–H and O–H groups in total. The van der Waals surface area contributed by atoms with Crippen molar-refractivity contribution in [2.45, 2.75) is 69.9 Å². The topological polar surface area (TPSA) is 0 Å². The molecule has 0 heterocycles. The minimum Gasteiger partial charge on any atom is -0.0654 e. The van der Waals surface area contributed by atoms with E-state index < -0.39 is 16.1 Å². The Morgan fingerprint density at radius 1 is 0.581 bits per heavy atom. The summed E-state index contributed by atoms with van der Waals surface area (Å²) in [7, 11) is -3.70. The minimum atomic E-state index is -1.85. The Hall–Kier alpha value is -1.91. The van der Waals surface area contributed by atoms with Crippen LogP contribution in [-0.4, -0.2) is 16.1 Å². The zero-order valence-electron chi connectivity index (χ0n) is 20.2. The van der Waals surface area contributed by atoms with Crippen LogP contribution in [0.15, 0.2) is 91.0 Å². The van der Waals surface area contributed by atoms with E-state index in [0.29, 0.717) is 4.66 Å². The van der Waals surface area contributed by atoms with Crippen LogP contribution in [0.25, 0.3) is 0 Å². The van der Waals surface area contributed by atoms with Crippen molar-refractivity contribution in [3.8, 4) is 0 Å². The van der Waals surface area contributed by atoms with E-state index >= 15 is 0 Å². The van der Waals surface area contributed by atoms with Gasteiger partial charge in [-0.1, -0.05) is 160 Å². The monoisotopic (exact) mass is 444 g/mol. The summed E-state index contributed by atoms with van der Waals surface area (Å²) in [5.41, 5.74) is 1.51. The van der Waals surface area contributed by atoms with Gasteiger partial charge in [-0.05, 0) is 16.6 Å². The van der Waals surface area contributed by atoms with Gasteiger partial charge in [0.1, 0.15) is 0 Å². The molecule has 3 aromatic rings. The van der Waals surface area contributed by atoms with Gasteiger partial charge in [0.2, 0.25) is 0 Å². The number of rotatable bonds is 10. The number of hydrogen-bond donors (Lipinski definition) is 0. The Morgan fingerprint density at radius 2 is 1.00 bits per heavy atom. The molecular weight excluding hydrogens is 404 g/mol. The minimum absolute atomic E-state index is 0.333. The van der Waals surface area contributed by atoms with Crippen molar-refractivity contribution in [1.29, 1.82) is 0 Å². The molecule has 0 radical (unpaired) electrons. The second-order valence-electron chi connectivity index (χ2n) is 10.2. The first-order valence-electron chi connectivity index (χ1n) is 12.0. The Labute approximate surface area is 192 Å². The van der Waals surface area contributed by atoms with Crippen LogP contribution < -0.4 is 10.4 Å². The van der Waals surface area contributed by atoms with Crippen LogP contribution in [0.1, 0.15) is 38.2 Å². The Kier molecular flexibility index (Phi) is 7.77. The van der Waals surface area contributed by atoms with Crippen molar-refractivity contribution in [1.82, 2.24) is 0 Å². The summed E-state index contributed by atoms with van der Waals surface area (Å²) in [6, 6.07) is 34.3. The Morgan fingerprint density at radius 3 is 1.42 bits per heavy atom. The summed E-state index contributed by atoms with van der Waals surface area (Å²) < 4.78 is 0.333. The molecule has 0 unspecified atom stereocenters. The highest BCUT2D eigenvalue weighted by Crippen LogP contribution is 2.53. The van der Waals surface area contributed by atoms with Gasteiger partial charge in [-0.3, -0.25) is 0 Å². The third-order valence-electron chi connectivity index (χ3n) is 7.94. The first-order valence-corrected chi connectivity index (χ1v) is 18.0. The second kappa shape index (κ2) is 10.1. The van der Waals surface area contributed by atoms with Crippen molar-refractivity contribution < 1.29 is 0 Å². The standard InChI is InChI=1S/C29H40Si2/c1-6-7-17-24-29(25-26-18-11-8-12-19-26,30(2,3)27-20-13-9-14-21-27)31(4,5)28-22-15-10-16-23-28/h8-16,18-23H,6-7,17,24-25H2,1-5H3. The van der Waals surface area contributed by atoms with Gasteiger partial charge >= 0.3 is 0 Å². The molecule has 3 rings (SSSR count). The van der Waals surface area contributed by atoms with Gasteiger partial charge in [0, 0.05) is 0 Å². The van der Waals surface area contributed by atoms with Crippen LogP contribution in [0.2, 0.25) is 30.8 Å². The molecule has 2 heteroatoms. The van der Waals surface area contributed by atoms with Crippen molar-refractivity contribution in [3.63, 3.8) is 0 Å². The SMILES string of the molecule is CCCCCC(Cc1ccccc1)([Si](C)(C)c1ccccc1)[Si](C)(C)c1ccccc1. The first kappa shape index (κ1) is 23.8. The summed E-state index contributed by atoms with van der Waals surface area (Å²) in [5, 5.41) is 3.22. The van der Waals surface area contributed by atoms with Crippen LogP contribution in [0.4, 0.5) is 0 Å². The van der Waals surface area contributed by atoms with Crippen LogP contribution in [0, 0.1) is 0 Å². The van der Waals surface area contributed by atoms with Gasteiger partial charge in [-0.25, -0.2) is 0 Å². The molecule has 0 atom stereocenters. The molecule has 0 aliphatic rings. The van der Waals surface area contributed by atoms with Gasteiger partial charge in [-0.15, -0.1) is 0 Å². The number of unbranched alkanes of at least 4 members (excludes halogenated alkanes) is 2. The molecule has 31 heavy (non-hydrogen) atoms. The zero-order valence-corrected chi connectivity index (χ0v) is 22.2. The van der Waals surface area contributed by atoms with Gasteiger partial charge < -0.3 is 0 Å². The average Bonchev–Trinajstić information content (AvgIpc) is 2.80. The maximum absolute atomic E-state index is 2.66. The number of benzene rings is 3. The Bertz CT molecular complexity index is 863. The van der Waals surface area contributed by atoms with Gasteiger partial charge in [0.25, 0.3) is 0 Å². The Balaban J connectivity index is 2.24. The summed E-state index contributed by atoms with van der Waals surface area (Å²) in [5.74, 6) is 0. The molecule has 0 nitrogen and oxygen atoms in total. The quantitative estimate of drug-likeness (QED) is 0.227. The van der Waals surface area contributed by atoms with Gasteiger partial charge in [-0.2, -0.15) is 0 Å². The highest BCUT2D eigenvalue weighted by Gasteiger charge is 2.57. The predicted molar refractivity (Wildman–Crippen MR) is 144 cm³/mol. The molecule has 0 fully saturated rings. The molecule has 0 aromatic heterocycles. The molecule has 164 valence electrons. The van der Waals surface area contributed by atoms with Gasteiger partial charge in [0.05, 0.1) is 16.1 Å². The van der Waals surface area contributed by atoms with E-state index in [4.69, 9.17) is 0 Å². The zero-order chi connectivity index (χ0) is 22.4. The lowest BCUT2D eigenvalue weighted by Crippen LogP contribution is -2.68. The molecule has 3 aromatic carbocycles. The van der Waals surface area contributed by atoms with E-state index in [0.717, 1.165) is 0 Å². The van der Waals surface area contributed by atoms with Crippen molar-refractivity contribution in [3.05, 3.63) is 96.6 Å². The summed E-state index contributed by atoms with van der Waals surface area (Å²) in [4.78, 5) is 0. The maximum Gasteiger partial charge on any atom is 0.0847 e. The van der Waals surface area contributed by atoms with E-state index in [2.05, 4.69) is 124 Å². The third kappa shape index (κ3) is 4.81. The lowest BCUT2D eigenvalue weighted by atomic mass is 10.0. The lowest BCUT2D eigenvalue weighted by Gasteiger charge is -2.55. The van der Waals surface area contributed by atoms with Crippen molar-refractivity contribution >= 4 is 26.5 Å². The maximum atomic E-state index is 2.66. The van der Waals surface area contributed by atoms with Crippen LogP contribution in [0.5, 0.6) is 0 Å². The smallest absolute Gasteiger partial charge is 0.0654 e. The second-order valence-corrected chi connectivity index (χ2v) is 20.3. The lowest BCUT2D eigenvalue weighted by molar-refractivity contribution is 0.567. The first-order chi connectivity index (χ1) is 14.8. The highest BCUT2D eigenvalue weighted by atomic mass is 28.4. The highest BCUT2D eigenvalue weighted by molar-refractivity contribution is 7.10. The third-order valence-corrected chi connectivity index (χ3v) is 20.9. The van der Waals surface area contributed by atoms with Crippen molar-refractivity contribution in [2.24, 2.45) is 0 Å². The van der Waals surface area contributed by atoms with E-state index in [-0.39, 0.29) is 0 Å². The summed E-state index contributed by atoms with van der Waals surface area (Å²) in [6.07, 6.45) is 6.46. The van der Waals surface area contributed by atoms with Crippen molar-refractivity contribution in [2.75, 3.05) is 0 Å². The summed E-state index contributed by atoms with van der Waals surface area (Å²) >= 11 is 0. The summed E-state index contributed by atoms with van der Waals surface area (Å²) in [6.45, 7) is 13.0. The fraction of sp³-hybridized carbons (Fsp3) is 0.379. The van der Waals surface area contributed by atoms with Crippen LogP contribution >= 0.6 is 0 Å². The fourth-order valence-electron chi connectivity index (χ4n) is 5.82. The largest absolute Gasteiger partial charge is 0.0847 e. The number of hydrogen-bond acceptors (Lipinski definition) is 0. The molecule has 0 spiro atoms. The van der Waals surface area contributed by atoms with E-state index in [1.54, 1.807) is 10.4 Å². The van der Waals surface area contributed by atoms with Crippen LogP contribution in [-0.2, 0) is 6.42 Å². The molecule has 0 aliphatic carbocycles. The van der Waals surface area contributed by atoms with Gasteiger partial charge in [0.15, 0.2) is 0 Å². The molecule has 0 saturated carbocycles. The molecule has 0 amide bonds. The van der Waals surface area contributed by atoms with E-state index in [1.807, 2.05) is 0 Å². The molecular formula is C29H40Si2. The molecule has 0 bridgehead atoms. The van der Waals surface area contributed by atoms with E-state index in [9.17, 15) is 0 Å². The normalized spacial score (nSPS) is 12.7.